The first kappa shape index (κ1) is 19.2. The number of hydrogen-bond acceptors (Lipinski definition) is 7. The standard InChI is InChI=1S/C20H32N6O2/c1-24(2)19-22-16(21)12-17(23-19)25-9-7-20(8-10-25)6-5-18(27)26(14-20)13-15-4-3-11-28-15/h12,15H,3-11,13-14H2,1-2H3,(H2,21,22,23). The predicted octanol–water partition coefficient (Wildman–Crippen LogP) is 1.51. The second kappa shape index (κ2) is 7.73. The summed E-state index contributed by atoms with van der Waals surface area (Å²) in [6, 6.07) is 1.86. The van der Waals surface area contributed by atoms with E-state index in [2.05, 4.69) is 19.8 Å². The molecule has 0 aromatic carbocycles. The number of ether oxygens (including phenoxy) is 1. The molecule has 1 unspecified atom stereocenters. The molecule has 28 heavy (non-hydrogen) atoms. The number of piperidine rings is 2. The molecule has 4 rings (SSSR count). The van der Waals surface area contributed by atoms with Crippen LogP contribution in [-0.2, 0) is 9.53 Å². The molecule has 3 aliphatic heterocycles. The fourth-order valence-corrected chi connectivity index (χ4v) is 4.72. The molecule has 2 N–H and O–H groups in total. The lowest BCUT2D eigenvalue weighted by Crippen LogP contribution is -2.53. The predicted molar refractivity (Wildman–Crippen MR) is 109 cm³/mol. The number of nitrogens with zero attached hydrogens (tertiary/aromatic N) is 5. The molecular formula is C20H32N6O2. The van der Waals surface area contributed by atoms with Crippen LogP contribution in [0.2, 0.25) is 0 Å². The molecule has 3 aliphatic rings. The van der Waals surface area contributed by atoms with Crippen LogP contribution in [0.15, 0.2) is 6.07 Å². The third-order valence-corrected chi connectivity index (χ3v) is 6.46. The van der Waals surface area contributed by atoms with Crippen molar-refractivity contribution in [1.82, 2.24) is 14.9 Å². The highest BCUT2D eigenvalue weighted by molar-refractivity contribution is 5.77. The van der Waals surface area contributed by atoms with Crippen molar-refractivity contribution >= 4 is 23.5 Å². The monoisotopic (exact) mass is 388 g/mol. The minimum Gasteiger partial charge on any atom is -0.383 e. The van der Waals surface area contributed by atoms with Gasteiger partial charge < -0.3 is 25.2 Å². The van der Waals surface area contributed by atoms with Crippen LogP contribution < -0.4 is 15.5 Å². The van der Waals surface area contributed by atoms with E-state index in [-0.39, 0.29) is 11.5 Å². The molecule has 1 aromatic rings. The summed E-state index contributed by atoms with van der Waals surface area (Å²) in [6.45, 7) is 4.34. The van der Waals surface area contributed by atoms with Gasteiger partial charge in [0.2, 0.25) is 11.9 Å². The average Bonchev–Trinajstić information content (AvgIpc) is 3.18. The summed E-state index contributed by atoms with van der Waals surface area (Å²) in [7, 11) is 3.84. The highest BCUT2D eigenvalue weighted by Crippen LogP contribution is 2.41. The average molecular weight is 389 g/mol. The van der Waals surface area contributed by atoms with Gasteiger partial charge >= 0.3 is 0 Å². The van der Waals surface area contributed by atoms with Gasteiger partial charge in [-0.05, 0) is 37.5 Å². The first-order valence-corrected chi connectivity index (χ1v) is 10.4. The zero-order chi connectivity index (χ0) is 19.7. The second-order valence-corrected chi connectivity index (χ2v) is 8.74. The van der Waals surface area contributed by atoms with Gasteiger partial charge in [-0.25, -0.2) is 0 Å². The Labute approximate surface area is 167 Å². The molecular weight excluding hydrogens is 356 g/mol. The zero-order valence-corrected chi connectivity index (χ0v) is 17.1. The van der Waals surface area contributed by atoms with E-state index in [1.54, 1.807) is 0 Å². The Morgan fingerprint density at radius 1 is 1.29 bits per heavy atom. The van der Waals surface area contributed by atoms with Gasteiger partial charge in [0.25, 0.3) is 0 Å². The summed E-state index contributed by atoms with van der Waals surface area (Å²) in [6.07, 6.45) is 6.23. The summed E-state index contributed by atoms with van der Waals surface area (Å²) < 4.78 is 5.76. The van der Waals surface area contributed by atoms with Crippen molar-refractivity contribution in [1.29, 1.82) is 0 Å². The zero-order valence-electron chi connectivity index (χ0n) is 17.1. The van der Waals surface area contributed by atoms with Crippen LogP contribution in [0.1, 0.15) is 38.5 Å². The molecule has 8 heteroatoms. The molecule has 1 amide bonds. The van der Waals surface area contributed by atoms with Crippen molar-refractivity contribution in [2.75, 3.05) is 62.4 Å². The number of nitrogen functional groups attached to an aromatic ring is 1. The first-order chi connectivity index (χ1) is 13.4. The molecule has 0 bridgehead atoms. The summed E-state index contributed by atoms with van der Waals surface area (Å²) in [4.78, 5) is 27.7. The maximum Gasteiger partial charge on any atom is 0.228 e. The van der Waals surface area contributed by atoms with Gasteiger partial charge in [-0.3, -0.25) is 4.79 Å². The SMILES string of the molecule is CN(C)c1nc(N)cc(N2CCC3(CCC(=O)N(CC4CCCO4)C3)CC2)n1. The van der Waals surface area contributed by atoms with Crippen LogP contribution in [0.25, 0.3) is 0 Å². The topological polar surface area (TPSA) is 87.8 Å². The van der Waals surface area contributed by atoms with Crippen molar-refractivity contribution in [3.63, 3.8) is 0 Å². The van der Waals surface area contributed by atoms with Crippen molar-refractivity contribution in [2.24, 2.45) is 5.41 Å². The molecule has 4 heterocycles. The molecule has 0 saturated carbocycles. The van der Waals surface area contributed by atoms with Crippen molar-refractivity contribution in [2.45, 2.75) is 44.6 Å². The van der Waals surface area contributed by atoms with E-state index in [9.17, 15) is 4.79 Å². The maximum atomic E-state index is 12.5. The van der Waals surface area contributed by atoms with Crippen LogP contribution in [0.4, 0.5) is 17.6 Å². The summed E-state index contributed by atoms with van der Waals surface area (Å²) >= 11 is 0. The number of aromatic nitrogens is 2. The minimum atomic E-state index is 0.228. The quantitative estimate of drug-likeness (QED) is 0.836. The summed E-state index contributed by atoms with van der Waals surface area (Å²) in [5.74, 6) is 2.33. The van der Waals surface area contributed by atoms with E-state index in [0.29, 0.717) is 24.1 Å². The van der Waals surface area contributed by atoms with Crippen molar-refractivity contribution < 1.29 is 9.53 Å². The second-order valence-electron chi connectivity index (χ2n) is 8.74. The number of carbonyl (C=O) groups excluding carboxylic acids is 1. The smallest absolute Gasteiger partial charge is 0.228 e. The van der Waals surface area contributed by atoms with E-state index in [1.165, 1.54) is 0 Å². The lowest BCUT2D eigenvalue weighted by Gasteiger charge is -2.48. The molecule has 1 aromatic heterocycles. The van der Waals surface area contributed by atoms with Crippen LogP contribution in [0, 0.1) is 5.41 Å². The van der Waals surface area contributed by atoms with Gasteiger partial charge in [-0.15, -0.1) is 0 Å². The number of carbonyl (C=O) groups is 1. The number of nitrogens with two attached hydrogens (primary N) is 1. The molecule has 3 fully saturated rings. The number of anilines is 3. The Morgan fingerprint density at radius 2 is 2.07 bits per heavy atom. The maximum absolute atomic E-state index is 12.5. The lowest BCUT2D eigenvalue weighted by molar-refractivity contribution is -0.140. The van der Waals surface area contributed by atoms with Gasteiger partial charge in [0.1, 0.15) is 11.6 Å². The fraction of sp³-hybridized carbons (Fsp3) is 0.750. The fourth-order valence-electron chi connectivity index (χ4n) is 4.72. The minimum absolute atomic E-state index is 0.228. The van der Waals surface area contributed by atoms with Gasteiger partial charge in [0.15, 0.2) is 0 Å². The largest absolute Gasteiger partial charge is 0.383 e. The first-order valence-electron chi connectivity index (χ1n) is 10.4. The highest BCUT2D eigenvalue weighted by atomic mass is 16.5. The van der Waals surface area contributed by atoms with Gasteiger partial charge in [0, 0.05) is 59.4 Å². The number of rotatable bonds is 4. The summed E-state index contributed by atoms with van der Waals surface area (Å²) in [5, 5.41) is 0. The van der Waals surface area contributed by atoms with Gasteiger partial charge in [-0.1, -0.05) is 0 Å². The van der Waals surface area contributed by atoms with Crippen LogP contribution >= 0.6 is 0 Å². The molecule has 154 valence electrons. The lowest BCUT2D eigenvalue weighted by atomic mass is 9.72. The summed E-state index contributed by atoms with van der Waals surface area (Å²) in [5.41, 5.74) is 6.22. The third kappa shape index (κ3) is 4.01. The Balaban J connectivity index is 1.41. The van der Waals surface area contributed by atoms with E-state index in [1.807, 2.05) is 25.1 Å². The third-order valence-electron chi connectivity index (χ3n) is 6.46. The van der Waals surface area contributed by atoms with E-state index in [4.69, 9.17) is 10.5 Å². The van der Waals surface area contributed by atoms with E-state index >= 15 is 0 Å². The normalized spacial score (nSPS) is 24.8. The highest BCUT2D eigenvalue weighted by Gasteiger charge is 2.42. The molecule has 3 saturated heterocycles. The van der Waals surface area contributed by atoms with Gasteiger partial charge in [0.05, 0.1) is 6.10 Å². The number of amides is 1. The molecule has 0 radical (unpaired) electrons. The molecule has 0 aliphatic carbocycles. The molecule has 1 spiro atoms. The number of likely N-dealkylation sites (tertiary alicyclic amines) is 1. The Morgan fingerprint density at radius 3 is 2.75 bits per heavy atom. The van der Waals surface area contributed by atoms with E-state index in [0.717, 1.165) is 70.7 Å². The molecule has 1 atom stereocenters. The van der Waals surface area contributed by atoms with Crippen LogP contribution in [0.5, 0.6) is 0 Å². The Kier molecular flexibility index (Phi) is 5.31. The van der Waals surface area contributed by atoms with Gasteiger partial charge in [-0.2, -0.15) is 9.97 Å². The Bertz CT molecular complexity index is 711. The van der Waals surface area contributed by atoms with E-state index < -0.39 is 0 Å². The molecule has 8 nitrogen and oxygen atoms in total. The van der Waals surface area contributed by atoms with Crippen molar-refractivity contribution in [3.8, 4) is 0 Å². The Hall–Kier alpha value is -2.09. The number of hydrogen-bond donors (Lipinski definition) is 1. The van der Waals surface area contributed by atoms with Crippen LogP contribution in [0.3, 0.4) is 0 Å². The van der Waals surface area contributed by atoms with Crippen molar-refractivity contribution in [3.05, 3.63) is 6.07 Å². The van der Waals surface area contributed by atoms with Crippen LogP contribution in [-0.4, -0.2) is 73.8 Å².